The molecule has 1 aromatic heterocycles. The van der Waals surface area contributed by atoms with E-state index in [0.29, 0.717) is 12.3 Å². The zero-order valence-corrected chi connectivity index (χ0v) is 15.2. The van der Waals surface area contributed by atoms with E-state index in [0.717, 1.165) is 10.7 Å². The molecule has 0 unspecified atom stereocenters. The summed E-state index contributed by atoms with van der Waals surface area (Å²) in [6.07, 6.45) is -0.546. The van der Waals surface area contributed by atoms with Crippen molar-refractivity contribution in [1.29, 1.82) is 0 Å². The summed E-state index contributed by atoms with van der Waals surface area (Å²) in [5.41, 5.74) is 2.22. The number of rotatable bonds is 5. The van der Waals surface area contributed by atoms with E-state index in [9.17, 15) is 4.79 Å². The topological polar surface area (TPSA) is 51.2 Å². The molecular weight excluding hydrogens is 308 g/mol. The van der Waals surface area contributed by atoms with Gasteiger partial charge in [0.15, 0.2) is 6.10 Å². The Balaban J connectivity index is 1.88. The molecule has 0 radical (unpaired) electrons. The summed E-state index contributed by atoms with van der Waals surface area (Å²) in [5, 5.41) is 5.80. The number of nitrogens with one attached hydrogen (secondary N) is 1. The second-order valence-corrected chi connectivity index (χ2v) is 7.67. The van der Waals surface area contributed by atoms with E-state index >= 15 is 0 Å². The van der Waals surface area contributed by atoms with Gasteiger partial charge in [-0.05, 0) is 37.0 Å². The van der Waals surface area contributed by atoms with Crippen LogP contribution in [0.5, 0.6) is 5.75 Å². The van der Waals surface area contributed by atoms with Gasteiger partial charge in [-0.1, -0.05) is 32.9 Å². The van der Waals surface area contributed by atoms with E-state index in [1.54, 1.807) is 18.3 Å². The van der Waals surface area contributed by atoms with Crippen LogP contribution in [0.2, 0.25) is 0 Å². The van der Waals surface area contributed by atoms with Crippen LogP contribution in [0.3, 0.4) is 0 Å². The van der Waals surface area contributed by atoms with Crippen LogP contribution in [0.15, 0.2) is 29.6 Å². The molecule has 0 aliphatic carbocycles. The maximum absolute atomic E-state index is 12.1. The van der Waals surface area contributed by atoms with Gasteiger partial charge in [-0.3, -0.25) is 4.79 Å². The molecule has 1 aromatic carbocycles. The molecule has 0 aliphatic heterocycles. The van der Waals surface area contributed by atoms with Crippen molar-refractivity contribution in [2.24, 2.45) is 0 Å². The van der Waals surface area contributed by atoms with Crippen LogP contribution in [0, 0.1) is 6.92 Å². The lowest BCUT2D eigenvalue weighted by Crippen LogP contribution is -2.36. The quantitative estimate of drug-likeness (QED) is 0.905. The summed E-state index contributed by atoms with van der Waals surface area (Å²) in [6, 6.07) is 7.90. The molecule has 0 spiro atoms. The highest BCUT2D eigenvalue weighted by Crippen LogP contribution is 2.24. The first-order valence-electron chi connectivity index (χ1n) is 7.71. The van der Waals surface area contributed by atoms with Gasteiger partial charge in [-0.2, -0.15) is 0 Å². The van der Waals surface area contributed by atoms with Crippen LogP contribution in [-0.4, -0.2) is 17.0 Å². The van der Waals surface area contributed by atoms with Gasteiger partial charge in [0.1, 0.15) is 5.75 Å². The number of aromatic nitrogens is 1. The lowest BCUT2D eigenvalue weighted by atomic mass is 9.87. The molecule has 0 saturated heterocycles. The lowest BCUT2D eigenvalue weighted by molar-refractivity contribution is -0.127. The molecule has 4 nitrogen and oxygen atoms in total. The van der Waals surface area contributed by atoms with Crippen LogP contribution in [-0.2, 0) is 16.8 Å². The summed E-state index contributed by atoms with van der Waals surface area (Å²) in [5.74, 6) is 0.556. The third kappa shape index (κ3) is 5.06. The minimum Gasteiger partial charge on any atom is -0.481 e. The van der Waals surface area contributed by atoms with Gasteiger partial charge in [0, 0.05) is 5.38 Å². The van der Waals surface area contributed by atoms with Crippen LogP contribution in [0.4, 0.5) is 0 Å². The Morgan fingerprint density at radius 2 is 1.96 bits per heavy atom. The molecule has 23 heavy (non-hydrogen) atoms. The number of amides is 1. The Morgan fingerprint density at radius 1 is 1.30 bits per heavy atom. The number of hydrogen-bond acceptors (Lipinski definition) is 4. The number of aryl methyl sites for hydroxylation is 1. The Kier molecular flexibility index (Phi) is 5.42. The molecular formula is C18H24N2O2S. The third-order valence-electron chi connectivity index (χ3n) is 3.51. The van der Waals surface area contributed by atoms with Crippen molar-refractivity contribution < 1.29 is 9.53 Å². The van der Waals surface area contributed by atoms with E-state index in [2.05, 4.69) is 31.1 Å². The zero-order chi connectivity index (χ0) is 17.0. The number of nitrogens with zero attached hydrogens (tertiary/aromatic N) is 1. The fraction of sp³-hybridized carbons (Fsp3) is 0.444. The maximum Gasteiger partial charge on any atom is 0.261 e. The normalized spacial score (nSPS) is 12.7. The van der Waals surface area contributed by atoms with Gasteiger partial charge in [-0.15, -0.1) is 11.3 Å². The molecule has 1 N–H and O–H groups in total. The number of benzene rings is 1. The molecule has 0 bridgehead atoms. The average Bonchev–Trinajstić information content (AvgIpc) is 2.90. The Hall–Kier alpha value is -1.88. The van der Waals surface area contributed by atoms with Crippen LogP contribution in [0.1, 0.15) is 44.0 Å². The van der Waals surface area contributed by atoms with E-state index in [1.807, 2.05) is 36.6 Å². The highest BCUT2D eigenvalue weighted by Gasteiger charge is 2.16. The molecule has 0 aliphatic rings. The molecule has 2 aromatic rings. The second-order valence-electron chi connectivity index (χ2n) is 6.61. The second kappa shape index (κ2) is 7.13. The van der Waals surface area contributed by atoms with Crippen molar-refractivity contribution in [3.8, 4) is 5.75 Å². The summed E-state index contributed by atoms with van der Waals surface area (Å²) in [4.78, 5) is 16.4. The van der Waals surface area contributed by atoms with Crippen molar-refractivity contribution >= 4 is 17.2 Å². The van der Waals surface area contributed by atoms with Gasteiger partial charge >= 0.3 is 0 Å². The van der Waals surface area contributed by atoms with Crippen LogP contribution >= 0.6 is 11.3 Å². The summed E-state index contributed by atoms with van der Waals surface area (Å²) >= 11 is 1.58. The number of ether oxygens (including phenoxy) is 1. The van der Waals surface area contributed by atoms with Crippen molar-refractivity contribution in [2.75, 3.05) is 0 Å². The van der Waals surface area contributed by atoms with Gasteiger partial charge in [-0.25, -0.2) is 4.98 Å². The fourth-order valence-corrected chi connectivity index (χ4v) is 2.71. The summed E-state index contributed by atoms with van der Waals surface area (Å²) in [7, 11) is 0. The fourth-order valence-electron chi connectivity index (χ4n) is 2.10. The molecule has 124 valence electrons. The number of carbonyl (C=O) groups is 1. The first-order chi connectivity index (χ1) is 10.8. The lowest BCUT2D eigenvalue weighted by Gasteiger charge is -2.20. The number of hydrogen-bond donors (Lipinski definition) is 1. The van der Waals surface area contributed by atoms with Crippen molar-refractivity contribution in [2.45, 2.75) is 52.7 Å². The van der Waals surface area contributed by atoms with E-state index in [-0.39, 0.29) is 11.3 Å². The van der Waals surface area contributed by atoms with Crippen LogP contribution in [0.25, 0.3) is 0 Å². The maximum atomic E-state index is 12.1. The van der Waals surface area contributed by atoms with E-state index in [1.165, 1.54) is 5.56 Å². The van der Waals surface area contributed by atoms with Gasteiger partial charge < -0.3 is 10.1 Å². The molecule has 0 fully saturated rings. The van der Waals surface area contributed by atoms with Gasteiger partial charge in [0.25, 0.3) is 5.91 Å². The Bertz CT molecular complexity index is 656. The first-order valence-corrected chi connectivity index (χ1v) is 8.59. The highest BCUT2D eigenvalue weighted by molar-refractivity contribution is 7.09. The van der Waals surface area contributed by atoms with E-state index < -0.39 is 6.10 Å². The van der Waals surface area contributed by atoms with Gasteiger partial charge in [0.2, 0.25) is 0 Å². The summed E-state index contributed by atoms with van der Waals surface area (Å²) < 4.78 is 5.71. The zero-order valence-electron chi connectivity index (χ0n) is 14.3. The first kappa shape index (κ1) is 17.5. The summed E-state index contributed by atoms with van der Waals surface area (Å²) in [6.45, 7) is 10.6. The average molecular weight is 332 g/mol. The SMILES string of the molecule is Cc1nc(CNC(=O)[C@H](C)Oc2ccc(C(C)(C)C)cc2)cs1. The number of thiazole rings is 1. The molecule has 1 atom stereocenters. The van der Waals surface area contributed by atoms with E-state index in [4.69, 9.17) is 4.74 Å². The molecule has 1 amide bonds. The smallest absolute Gasteiger partial charge is 0.261 e. The van der Waals surface area contributed by atoms with Crippen molar-refractivity contribution in [3.63, 3.8) is 0 Å². The monoisotopic (exact) mass is 332 g/mol. The largest absolute Gasteiger partial charge is 0.481 e. The van der Waals surface area contributed by atoms with Gasteiger partial charge in [0.05, 0.1) is 17.2 Å². The predicted octanol–water partition coefficient (Wildman–Crippen LogP) is 3.83. The Morgan fingerprint density at radius 3 is 2.48 bits per heavy atom. The molecule has 1 heterocycles. The predicted molar refractivity (Wildman–Crippen MR) is 93.9 cm³/mol. The molecule has 0 saturated carbocycles. The molecule has 2 rings (SSSR count). The minimum absolute atomic E-state index is 0.104. The highest BCUT2D eigenvalue weighted by atomic mass is 32.1. The molecule has 5 heteroatoms. The van der Waals surface area contributed by atoms with Crippen molar-refractivity contribution in [3.05, 3.63) is 45.9 Å². The third-order valence-corrected chi connectivity index (χ3v) is 4.34. The van der Waals surface area contributed by atoms with Crippen molar-refractivity contribution in [1.82, 2.24) is 10.3 Å². The van der Waals surface area contributed by atoms with Crippen LogP contribution < -0.4 is 10.1 Å². The minimum atomic E-state index is -0.546. The number of carbonyl (C=O) groups excluding carboxylic acids is 1. The Labute approximate surface area is 141 Å². The standard InChI is InChI=1S/C18H24N2O2S/c1-12(17(21)19-10-15-11-23-13(2)20-15)22-16-8-6-14(7-9-16)18(3,4)5/h6-9,11-12H,10H2,1-5H3,(H,19,21)/t12-/m0/s1.